The fourth-order valence-electron chi connectivity index (χ4n) is 2.42. The third-order valence-corrected chi connectivity index (χ3v) is 3.44. The first-order valence-electron chi connectivity index (χ1n) is 6.71. The number of hydrogen-bond donors (Lipinski definition) is 1. The molecule has 0 radical (unpaired) electrons. The molecule has 1 saturated heterocycles. The van der Waals surface area contributed by atoms with E-state index in [9.17, 15) is 9.90 Å². The average molecular weight is 285 g/mol. The van der Waals surface area contributed by atoms with E-state index in [0.29, 0.717) is 24.7 Å². The van der Waals surface area contributed by atoms with Crippen molar-refractivity contribution in [2.45, 2.75) is 0 Å². The predicted molar refractivity (Wildman–Crippen MR) is 77.7 cm³/mol. The van der Waals surface area contributed by atoms with Gasteiger partial charge in [-0.25, -0.2) is 19.7 Å². The molecule has 1 N–H and O–H groups in total. The maximum Gasteiger partial charge on any atom is 0.356 e. The van der Waals surface area contributed by atoms with Gasteiger partial charge in [0.05, 0.1) is 5.69 Å². The normalized spacial score (nSPS) is 15.0. The lowest BCUT2D eigenvalue weighted by Gasteiger charge is -2.36. The van der Waals surface area contributed by atoms with E-state index < -0.39 is 5.97 Å². The molecule has 3 heterocycles. The number of aromatic nitrogens is 3. The Hall–Kier alpha value is -2.70. The van der Waals surface area contributed by atoms with Crippen LogP contribution >= 0.6 is 0 Å². The molecular formula is C14H15N5O2. The van der Waals surface area contributed by atoms with E-state index in [1.54, 1.807) is 30.6 Å². The van der Waals surface area contributed by atoms with Crippen LogP contribution in [0.1, 0.15) is 10.5 Å². The van der Waals surface area contributed by atoms with E-state index in [4.69, 9.17) is 0 Å². The van der Waals surface area contributed by atoms with Gasteiger partial charge in [-0.1, -0.05) is 0 Å². The van der Waals surface area contributed by atoms with Crippen LogP contribution in [-0.4, -0.2) is 52.2 Å². The van der Waals surface area contributed by atoms with Crippen molar-refractivity contribution in [2.24, 2.45) is 0 Å². The van der Waals surface area contributed by atoms with Crippen LogP contribution in [0.4, 0.5) is 11.6 Å². The Balaban J connectivity index is 1.73. The van der Waals surface area contributed by atoms with Gasteiger partial charge in [-0.2, -0.15) is 0 Å². The second-order valence-corrected chi connectivity index (χ2v) is 4.70. The molecule has 0 amide bonds. The Morgan fingerprint density at radius 1 is 0.952 bits per heavy atom. The highest BCUT2D eigenvalue weighted by Crippen LogP contribution is 2.21. The van der Waals surface area contributed by atoms with Crippen LogP contribution in [0.5, 0.6) is 0 Å². The molecule has 2 aromatic heterocycles. The minimum atomic E-state index is -1.00. The molecule has 1 aliphatic heterocycles. The largest absolute Gasteiger partial charge is 0.476 e. The summed E-state index contributed by atoms with van der Waals surface area (Å²) in [6, 6.07) is 5.34. The Bertz CT molecular complexity index is 626. The number of anilines is 2. The third kappa shape index (κ3) is 2.76. The molecule has 2 aromatic rings. The molecule has 7 nitrogen and oxygen atoms in total. The SMILES string of the molecule is O=C(O)c1ncccc1N1CCN(c2ncccn2)CC1. The molecule has 0 spiro atoms. The van der Waals surface area contributed by atoms with E-state index in [1.807, 2.05) is 4.90 Å². The first-order valence-corrected chi connectivity index (χ1v) is 6.71. The van der Waals surface area contributed by atoms with Crippen LogP contribution in [0.25, 0.3) is 0 Å². The topological polar surface area (TPSA) is 82.5 Å². The van der Waals surface area contributed by atoms with Crippen molar-refractivity contribution in [2.75, 3.05) is 36.0 Å². The lowest BCUT2D eigenvalue weighted by atomic mass is 10.2. The fourth-order valence-corrected chi connectivity index (χ4v) is 2.42. The summed E-state index contributed by atoms with van der Waals surface area (Å²) < 4.78 is 0. The maximum absolute atomic E-state index is 11.2. The van der Waals surface area contributed by atoms with Crippen molar-refractivity contribution < 1.29 is 9.90 Å². The monoisotopic (exact) mass is 285 g/mol. The maximum atomic E-state index is 11.2. The van der Waals surface area contributed by atoms with Crippen LogP contribution in [-0.2, 0) is 0 Å². The van der Waals surface area contributed by atoms with Crippen LogP contribution in [0, 0.1) is 0 Å². The average Bonchev–Trinajstić information content (AvgIpc) is 2.56. The molecule has 0 aliphatic carbocycles. The van der Waals surface area contributed by atoms with Crippen molar-refractivity contribution in [3.05, 3.63) is 42.5 Å². The second kappa shape index (κ2) is 5.74. The zero-order valence-electron chi connectivity index (χ0n) is 11.4. The van der Waals surface area contributed by atoms with Gasteiger partial charge in [0.25, 0.3) is 0 Å². The summed E-state index contributed by atoms with van der Waals surface area (Å²) in [5, 5.41) is 9.21. The first-order chi connectivity index (χ1) is 10.3. The van der Waals surface area contributed by atoms with Gasteiger partial charge >= 0.3 is 5.97 Å². The van der Waals surface area contributed by atoms with Crippen molar-refractivity contribution in [3.8, 4) is 0 Å². The van der Waals surface area contributed by atoms with Gasteiger partial charge in [0.15, 0.2) is 5.69 Å². The molecule has 7 heteroatoms. The molecule has 3 rings (SSSR count). The van der Waals surface area contributed by atoms with E-state index in [0.717, 1.165) is 13.1 Å². The number of piperazine rings is 1. The van der Waals surface area contributed by atoms with Gasteiger partial charge in [0, 0.05) is 44.8 Å². The number of pyridine rings is 1. The molecule has 108 valence electrons. The summed E-state index contributed by atoms with van der Waals surface area (Å²) in [6.45, 7) is 2.92. The summed E-state index contributed by atoms with van der Waals surface area (Å²) in [6.07, 6.45) is 4.94. The minimum Gasteiger partial charge on any atom is -0.476 e. The third-order valence-electron chi connectivity index (χ3n) is 3.44. The highest BCUT2D eigenvalue weighted by atomic mass is 16.4. The molecule has 1 fully saturated rings. The lowest BCUT2D eigenvalue weighted by Crippen LogP contribution is -2.47. The van der Waals surface area contributed by atoms with Crippen LogP contribution in [0.15, 0.2) is 36.8 Å². The van der Waals surface area contributed by atoms with Gasteiger partial charge in [-0.15, -0.1) is 0 Å². The summed E-state index contributed by atoms with van der Waals surface area (Å²) in [5.74, 6) is -0.291. The van der Waals surface area contributed by atoms with Gasteiger partial charge in [-0.3, -0.25) is 0 Å². The predicted octanol–water partition coefficient (Wildman–Crippen LogP) is 0.896. The van der Waals surface area contributed by atoms with Crippen LogP contribution < -0.4 is 9.80 Å². The summed E-state index contributed by atoms with van der Waals surface area (Å²) in [7, 11) is 0. The number of rotatable bonds is 3. The molecule has 21 heavy (non-hydrogen) atoms. The van der Waals surface area contributed by atoms with Crippen molar-refractivity contribution in [3.63, 3.8) is 0 Å². The van der Waals surface area contributed by atoms with Crippen LogP contribution in [0.2, 0.25) is 0 Å². The minimum absolute atomic E-state index is 0.0990. The summed E-state index contributed by atoms with van der Waals surface area (Å²) >= 11 is 0. The lowest BCUT2D eigenvalue weighted by molar-refractivity contribution is 0.0691. The smallest absolute Gasteiger partial charge is 0.356 e. The summed E-state index contributed by atoms with van der Waals surface area (Å²) in [5.41, 5.74) is 0.764. The Morgan fingerprint density at radius 3 is 2.24 bits per heavy atom. The fraction of sp³-hybridized carbons (Fsp3) is 0.286. The number of carboxylic acids is 1. The highest BCUT2D eigenvalue weighted by Gasteiger charge is 2.22. The Morgan fingerprint density at radius 2 is 1.57 bits per heavy atom. The number of nitrogens with zero attached hydrogens (tertiary/aromatic N) is 5. The standard InChI is InChI=1S/C14H15N5O2/c20-13(21)12-11(3-1-4-15-12)18-7-9-19(10-8-18)14-16-5-2-6-17-14/h1-6H,7-10H2,(H,20,21). The quantitative estimate of drug-likeness (QED) is 0.897. The number of aromatic carboxylic acids is 1. The summed E-state index contributed by atoms with van der Waals surface area (Å²) in [4.78, 5) is 27.8. The van der Waals surface area contributed by atoms with E-state index in [2.05, 4.69) is 19.9 Å². The van der Waals surface area contributed by atoms with Gasteiger partial charge in [0.2, 0.25) is 5.95 Å². The Kier molecular flexibility index (Phi) is 3.63. The molecule has 0 saturated carbocycles. The molecule has 1 aliphatic rings. The van der Waals surface area contributed by atoms with E-state index in [-0.39, 0.29) is 5.69 Å². The molecule has 0 bridgehead atoms. The molecule has 0 unspecified atom stereocenters. The number of carboxylic acid groups (broad SMARTS) is 1. The number of hydrogen-bond acceptors (Lipinski definition) is 6. The zero-order valence-corrected chi connectivity index (χ0v) is 11.4. The zero-order chi connectivity index (χ0) is 14.7. The van der Waals surface area contributed by atoms with Crippen LogP contribution in [0.3, 0.4) is 0 Å². The number of carbonyl (C=O) groups is 1. The van der Waals surface area contributed by atoms with Gasteiger partial charge in [-0.05, 0) is 18.2 Å². The molecular weight excluding hydrogens is 270 g/mol. The highest BCUT2D eigenvalue weighted by molar-refractivity contribution is 5.92. The molecule has 0 atom stereocenters. The van der Waals surface area contributed by atoms with Gasteiger partial charge < -0.3 is 14.9 Å². The van der Waals surface area contributed by atoms with Crippen molar-refractivity contribution in [1.29, 1.82) is 0 Å². The van der Waals surface area contributed by atoms with Crippen molar-refractivity contribution in [1.82, 2.24) is 15.0 Å². The second-order valence-electron chi connectivity index (χ2n) is 4.70. The van der Waals surface area contributed by atoms with Gasteiger partial charge in [0.1, 0.15) is 0 Å². The van der Waals surface area contributed by atoms with Crippen molar-refractivity contribution >= 4 is 17.6 Å². The van der Waals surface area contributed by atoms with E-state index in [1.165, 1.54) is 6.20 Å². The van der Waals surface area contributed by atoms with E-state index >= 15 is 0 Å². The molecule has 0 aromatic carbocycles. The Labute approximate surface area is 121 Å². The first kappa shape index (κ1) is 13.3.